The summed E-state index contributed by atoms with van der Waals surface area (Å²) in [5.74, 6) is -1.03. The van der Waals surface area contributed by atoms with Gasteiger partial charge >= 0.3 is 0 Å². The topological polar surface area (TPSA) is 116 Å². The molecule has 1 saturated carbocycles. The number of nitrogens with two attached hydrogens (primary N) is 1. The lowest BCUT2D eigenvalue weighted by Crippen LogP contribution is -2.51. The molecular formula is C17H28N2O4S. The highest BCUT2D eigenvalue weighted by Crippen LogP contribution is 2.39. The molecule has 6 N–H and O–H groups in total. The number of nitrogens with one attached hydrogen (secondary N) is 1. The van der Waals surface area contributed by atoms with Gasteiger partial charge in [-0.25, -0.2) is 5.48 Å². The van der Waals surface area contributed by atoms with Gasteiger partial charge < -0.3 is 15.9 Å². The van der Waals surface area contributed by atoms with E-state index in [4.69, 9.17) is 10.9 Å². The van der Waals surface area contributed by atoms with Gasteiger partial charge in [0, 0.05) is 6.04 Å². The van der Waals surface area contributed by atoms with Gasteiger partial charge in [-0.15, -0.1) is 0 Å². The Labute approximate surface area is 146 Å². The van der Waals surface area contributed by atoms with E-state index in [0.29, 0.717) is 25.2 Å². The van der Waals surface area contributed by atoms with Crippen molar-refractivity contribution in [2.24, 2.45) is 17.6 Å². The first kappa shape index (κ1) is 19.3. The summed E-state index contributed by atoms with van der Waals surface area (Å²) in [5.41, 5.74) is 7.55. The summed E-state index contributed by atoms with van der Waals surface area (Å²) < 4.78 is 0. The van der Waals surface area contributed by atoms with Crippen LogP contribution in [0.2, 0.25) is 0 Å². The van der Waals surface area contributed by atoms with Crippen LogP contribution in [0.5, 0.6) is 0 Å². The molecule has 1 aromatic rings. The van der Waals surface area contributed by atoms with Crippen LogP contribution in [-0.2, 0) is 11.2 Å². The number of thiophene rings is 1. The minimum atomic E-state index is -1.21. The van der Waals surface area contributed by atoms with E-state index in [1.165, 1.54) is 0 Å². The highest BCUT2D eigenvalue weighted by molar-refractivity contribution is 7.07. The highest BCUT2D eigenvalue weighted by Gasteiger charge is 2.44. The van der Waals surface area contributed by atoms with E-state index >= 15 is 0 Å². The Morgan fingerprint density at radius 2 is 2.17 bits per heavy atom. The van der Waals surface area contributed by atoms with Crippen molar-refractivity contribution in [2.75, 3.05) is 0 Å². The second-order valence-corrected chi connectivity index (χ2v) is 7.90. The number of carbonyl (C=O) groups excluding carboxylic acids is 1. The fraction of sp³-hybridized carbons (Fsp3) is 0.706. The van der Waals surface area contributed by atoms with Gasteiger partial charge in [-0.2, -0.15) is 11.3 Å². The molecule has 0 bridgehead atoms. The molecule has 6 nitrogen and oxygen atoms in total. The number of aliphatic hydroxyl groups is 2. The smallest absolute Gasteiger partial charge is 0.249 e. The summed E-state index contributed by atoms with van der Waals surface area (Å²) in [6.45, 7) is 2.12. The Morgan fingerprint density at radius 1 is 1.50 bits per heavy atom. The zero-order valence-corrected chi connectivity index (χ0v) is 14.8. The second-order valence-electron chi connectivity index (χ2n) is 7.12. The van der Waals surface area contributed by atoms with Crippen LogP contribution in [0.3, 0.4) is 0 Å². The molecule has 0 aromatic carbocycles. The van der Waals surface area contributed by atoms with Crippen LogP contribution in [0, 0.1) is 11.8 Å². The van der Waals surface area contributed by atoms with E-state index in [1.807, 2.05) is 16.8 Å². The summed E-state index contributed by atoms with van der Waals surface area (Å²) >= 11 is 1.56. The SMILES string of the molecule is CC1CCC(O)(C(CC(O)C(N)Cc2ccsc2)C(=O)NO)CC1. The molecule has 3 unspecified atom stereocenters. The van der Waals surface area contributed by atoms with Crippen LogP contribution < -0.4 is 11.2 Å². The van der Waals surface area contributed by atoms with Gasteiger partial charge in [0.1, 0.15) is 0 Å². The first-order valence-corrected chi connectivity index (χ1v) is 9.41. The summed E-state index contributed by atoms with van der Waals surface area (Å²) in [7, 11) is 0. The van der Waals surface area contributed by atoms with Crippen LogP contribution >= 0.6 is 11.3 Å². The Kier molecular flexibility index (Phi) is 6.77. The molecule has 1 fully saturated rings. The normalized spacial score (nSPS) is 28.1. The maximum atomic E-state index is 12.1. The number of amides is 1. The van der Waals surface area contributed by atoms with Gasteiger partial charge in [-0.1, -0.05) is 6.92 Å². The molecule has 0 radical (unpaired) electrons. The molecular weight excluding hydrogens is 328 g/mol. The van der Waals surface area contributed by atoms with Gasteiger partial charge in [-0.3, -0.25) is 10.0 Å². The Hall–Kier alpha value is -0.990. The molecule has 1 amide bonds. The molecule has 1 heterocycles. The van der Waals surface area contributed by atoms with E-state index < -0.39 is 29.6 Å². The average molecular weight is 356 g/mol. The van der Waals surface area contributed by atoms with E-state index in [2.05, 4.69) is 6.92 Å². The predicted molar refractivity (Wildman–Crippen MR) is 92.6 cm³/mol. The lowest BCUT2D eigenvalue weighted by atomic mass is 9.70. The molecule has 3 atom stereocenters. The molecule has 2 rings (SSSR count). The fourth-order valence-corrected chi connectivity index (χ4v) is 4.17. The molecule has 1 aliphatic carbocycles. The summed E-state index contributed by atoms with van der Waals surface area (Å²) in [6.07, 6.45) is 2.22. The van der Waals surface area contributed by atoms with E-state index in [9.17, 15) is 15.0 Å². The van der Waals surface area contributed by atoms with Crippen molar-refractivity contribution in [3.63, 3.8) is 0 Å². The Bertz CT molecular complexity index is 515. The van der Waals surface area contributed by atoms with Crippen molar-refractivity contribution in [1.29, 1.82) is 0 Å². The van der Waals surface area contributed by atoms with Crippen molar-refractivity contribution >= 4 is 17.2 Å². The predicted octanol–water partition coefficient (Wildman–Crippen LogP) is 1.43. The van der Waals surface area contributed by atoms with Gasteiger partial charge in [0.2, 0.25) is 5.91 Å². The largest absolute Gasteiger partial charge is 0.391 e. The first-order valence-electron chi connectivity index (χ1n) is 8.46. The van der Waals surface area contributed by atoms with Crippen molar-refractivity contribution in [3.8, 4) is 0 Å². The van der Waals surface area contributed by atoms with Crippen LogP contribution in [-0.4, -0.2) is 39.1 Å². The minimum absolute atomic E-state index is 0.0303. The van der Waals surface area contributed by atoms with Gasteiger partial charge in [0.25, 0.3) is 0 Å². The highest BCUT2D eigenvalue weighted by atomic mass is 32.1. The molecule has 0 aliphatic heterocycles. The number of hydrogen-bond donors (Lipinski definition) is 5. The van der Waals surface area contributed by atoms with E-state index in [0.717, 1.165) is 18.4 Å². The van der Waals surface area contributed by atoms with Gasteiger partial charge in [0.15, 0.2) is 0 Å². The lowest BCUT2D eigenvalue weighted by molar-refractivity contribution is -0.150. The van der Waals surface area contributed by atoms with Crippen LogP contribution in [0.4, 0.5) is 0 Å². The Balaban J connectivity index is 2.03. The second kappa shape index (κ2) is 8.40. The standard InChI is InChI=1S/C17H28N2O4S/c1-11-2-5-17(22,6-3-11)13(16(21)19-23)9-15(20)14(18)8-12-4-7-24-10-12/h4,7,10-11,13-15,20,22-23H,2-3,5-6,8-9,18H2,1H3,(H,19,21). The zero-order valence-electron chi connectivity index (χ0n) is 14.0. The lowest BCUT2D eigenvalue weighted by Gasteiger charge is -2.41. The average Bonchev–Trinajstić information content (AvgIpc) is 3.07. The number of hydrogen-bond acceptors (Lipinski definition) is 6. The van der Waals surface area contributed by atoms with E-state index in [-0.39, 0.29) is 6.42 Å². The van der Waals surface area contributed by atoms with Gasteiger partial charge in [0.05, 0.1) is 17.6 Å². The van der Waals surface area contributed by atoms with Crippen molar-refractivity contribution < 1.29 is 20.2 Å². The maximum absolute atomic E-state index is 12.1. The maximum Gasteiger partial charge on any atom is 0.249 e. The van der Waals surface area contributed by atoms with Crippen molar-refractivity contribution in [1.82, 2.24) is 5.48 Å². The molecule has 136 valence electrons. The van der Waals surface area contributed by atoms with Crippen LogP contribution in [0.15, 0.2) is 16.8 Å². The monoisotopic (exact) mass is 356 g/mol. The summed E-state index contributed by atoms with van der Waals surface area (Å²) in [4.78, 5) is 12.1. The number of hydroxylamine groups is 1. The molecule has 0 saturated heterocycles. The zero-order chi connectivity index (χ0) is 17.7. The molecule has 1 aliphatic rings. The number of aliphatic hydroxyl groups excluding tert-OH is 1. The van der Waals surface area contributed by atoms with Crippen molar-refractivity contribution in [2.45, 2.75) is 63.2 Å². The van der Waals surface area contributed by atoms with Crippen LogP contribution in [0.25, 0.3) is 0 Å². The van der Waals surface area contributed by atoms with Crippen LogP contribution in [0.1, 0.15) is 44.6 Å². The summed E-state index contributed by atoms with van der Waals surface area (Å²) in [5, 5.41) is 34.3. The molecule has 24 heavy (non-hydrogen) atoms. The molecule has 1 aromatic heterocycles. The Morgan fingerprint density at radius 3 is 2.71 bits per heavy atom. The minimum Gasteiger partial charge on any atom is -0.391 e. The fourth-order valence-electron chi connectivity index (χ4n) is 3.49. The third-order valence-electron chi connectivity index (χ3n) is 5.24. The molecule has 0 spiro atoms. The number of carbonyl (C=O) groups is 1. The quantitative estimate of drug-likeness (QED) is 0.374. The molecule has 7 heteroatoms. The van der Waals surface area contributed by atoms with Gasteiger partial charge in [-0.05, 0) is 66.8 Å². The first-order chi connectivity index (χ1) is 11.4. The van der Waals surface area contributed by atoms with E-state index in [1.54, 1.807) is 16.8 Å². The summed E-state index contributed by atoms with van der Waals surface area (Å²) in [6, 6.07) is 1.42. The third-order valence-corrected chi connectivity index (χ3v) is 5.97. The third kappa shape index (κ3) is 4.77. The number of rotatable bonds is 7. The van der Waals surface area contributed by atoms with Crippen molar-refractivity contribution in [3.05, 3.63) is 22.4 Å².